The van der Waals surface area contributed by atoms with Gasteiger partial charge in [-0.15, -0.1) is 0 Å². The number of benzene rings is 1. The first-order valence-corrected chi connectivity index (χ1v) is 8.54. The van der Waals surface area contributed by atoms with Crippen LogP contribution >= 0.6 is 0 Å². The maximum atomic E-state index is 11.5. The van der Waals surface area contributed by atoms with Crippen LogP contribution < -0.4 is 10.0 Å². The normalized spacial score (nSPS) is 12.9. The minimum Gasteiger partial charge on any atom is -0.356 e. The largest absolute Gasteiger partial charge is 0.356 e. The SMILES string of the molecule is C[C@H](CCNC(=O)CCNS(C)(=O)=O)c1ccccc1. The zero-order valence-corrected chi connectivity index (χ0v) is 12.7. The zero-order valence-electron chi connectivity index (χ0n) is 11.9. The summed E-state index contributed by atoms with van der Waals surface area (Å²) in [5.41, 5.74) is 1.25. The van der Waals surface area contributed by atoms with Crippen LogP contribution in [0.15, 0.2) is 30.3 Å². The quantitative estimate of drug-likeness (QED) is 0.758. The van der Waals surface area contributed by atoms with E-state index in [4.69, 9.17) is 0 Å². The van der Waals surface area contributed by atoms with Crippen LogP contribution in [0.5, 0.6) is 0 Å². The number of sulfonamides is 1. The second-order valence-electron chi connectivity index (χ2n) is 4.87. The van der Waals surface area contributed by atoms with E-state index in [2.05, 4.69) is 29.1 Å². The molecule has 1 rings (SSSR count). The summed E-state index contributed by atoms with van der Waals surface area (Å²) in [6.45, 7) is 2.85. The van der Waals surface area contributed by atoms with E-state index in [1.54, 1.807) is 0 Å². The molecule has 1 aromatic carbocycles. The molecule has 0 radical (unpaired) electrons. The lowest BCUT2D eigenvalue weighted by molar-refractivity contribution is -0.120. The number of hydrogen-bond acceptors (Lipinski definition) is 3. The minimum atomic E-state index is -3.22. The van der Waals surface area contributed by atoms with Crippen molar-refractivity contribution >= 4 is 15.9 Å². The molecule has 0 spiro atoms. The summed E-state index contributed by atoms with van der Waals surface area (Å²) in [7, 11) is -3.22. The first-order chi connectivity index (χ1) is 9.38. The Kier molecular flexibility index (Phi) is 6.67. The summed E-state index contributed by atoms with van der Waals surface area (Å²) in [6, 6.07) is 10.1. The van der Waals surface area contributed by atoms with Crippen LogP contribution in [-0.2, 0) is 14.8 Å². The Morgan fingerprint density at radius 2 is 1.85 bits per heavy atom. The molecule has 20 heavy (non-hydrogen) atoms. The second-order valence-corrected chi connectivity index (χ2v) is 6.70. The molecule has 6 heteroatoms. The van der Waals surface area contributed by atoms with Crippen LogP contribution in [-0.4, -0.2) is 33.7 Å². The van der Waals surface area contributed by atoms with E-state index in [1.165, 1.54) is 5.56 Å². The topological polar surface area (TPSA) is 75.3 Å². The predicted molar refractivity (Wildman–Crippen MR) is 79.9 cm³/mol. The van der Waals surface area contributed by atoms with Crippen molar-refractivity contribution in [2.45, 2.75) is 25.7 Å². The molecule has 0 saturated carbocycles. The smallest absolute Gasteiger partial charge is 0.221 e. The molecule has 0 unspecified atom stereocenters. The van der Waals surface area contributed by atoms with Gasteiger partial charge in [0.2, 0.25) is 15.9 Å². The average molecular weight is 298 g/mol. The van der Waals surface area contributed by atoms with Crippen molar-refractivity contribution in [3.8, 4) is 0 Å². The number of carbonyl (C=O) groups is 1. The van der Waals surface area contributed by atoms with Crippen LogP contribution in [0.1, 0.15) is 31.2 Å². The van der Waals surface area contributed by atoms with Gasteiger partial charge < -0.3 is 5.32 Å². The minimum absolute atomic E-state index is 0.138. The Balaban J connectivity index is 2.19. The molecular formula is C14H22N2O3S. The first-order valence-electron chi connectivity index (χ1n) is 6.65. The van der Waals surface area contributed by atoms with Gasteiger partial charge in [-0.1, -0.05) is 37.3 Å². The lowest BCUT2D eigenvalue weighted by atomic mass is 9.98. The molecule has 0 fully saturated rings. The molecule has 1 atom stereocenters. The van der Waals surface area contributed by atoms with Gasteiger partial charge in [-0.25, -0.2) is 13.1 Å². The molecule has 0 aromatic heterocycles. The zero-order chi connectivity index (χ0) is 15.0. The maximum Gasteiger partial charge on any atom is 0.221 e. The van der Waals surface area contributed by atoms with Crippen molar-refractivity contribution in [3.05, 3.63) is 35.9 Å². The Morgan fingerprint density at radius 3 is 2.45 bits per heavy atom. The fraction of sp³-hybridized carbons (Fsp3) is 0.500. The predicted octanol–water partition coefficient (Wildman–Crippen LogP) is 1.24. The fourth-order valence-corrected chi connectivity index (χ4v) is 2.29. The van der Waals surface area contributed by atoms with Crippen molar-refractivity contribution in [3.63, 3.8) is 0 Å². The van der Waals surface area contributed by atoms with Gasteiger partial charge >= 0.3 is 0 Å². The summed E-state index contributed by atoms with van der Waals surface area (Å²) < 4.78 is 23.9. The standard InChI is InChI=1S/C14H22N2O3S/c1-12(13-6-4-3-5-7-13)8-10-15-14(17)9-11-16-20(2,18)19/h3-7,12,16H,8-11H2,1-2H3,(H,15,17)/t12-/m1/s1. The van der Waals surface area contributed by atoms with Crippen molar-refractivity contribution in [2.24, 2.45) is 0 Å². The van der Waals surface area contributed by atoms with Crippen LogP contribution in [0.4, 0.5) is 0 Å². The summed E-state index contributed by atoms with van der Waals surface area (Å²) in [4.78, 5) is 11.5. The Hall–Kier alpha value is -1.40. The molecule has 0 aliphatic carbocycles. The summed E-state index contributed by atoms with van der Waals surface area (Å²) >= 11 is 0. The second kappa shape index (κ2) is 8.01. The van der Waals surface area contributed by atoms with Crippen LogP contribution in [0.3, 0.4) is 0 Å². The molecule has 0 heterocycles. The van der Waals surface area contributed by atoms with E-state index < -0.39 is 10.0 Å². The summed E-state index contributed by atoms with van der Waals surface area (Å²) in [5, 5.41) is 2.80. The number of hydrogen-bond donors (Lipinski definition) is 2. The van der Waals surface area contributed by atoms with Crippen LogP contribution in [0, 0.1) is 0 Å². The Bertz CT molecular complexity index is 514. The van der Waals surface area contributed by atoms with Gasteiger partial charge in [0.15, 0.2) is 0 Å². The third-order valence-electron chi connectivity index (χ3n) is 2.98. The van der Waals surface area contributed by atoms with Crippen molar-refractivity contribution in [1.82, 2.24) is 10.0 Å². The van der Waals surface area contributed by atoms with Gasteiger partial charge in [-0.3, -0.25) is 4.79 Å². The highest BCUT2D eigenvalue weighted by atomic mass is 32.2. The fourth-order valence-electron chi connectivity index (χ4n) is 1.81. The first kappa shape index (κ1) is 16.7. The van der Waals surface area contributed by atoms with E-state index in [9.17, 15) is 13.2 Å². The van der Waals surface area contributed by atoms with Gasteiger partial charge in [0.1, 0.15) is 0 Å². The average Bonchev–Trinajstić information content (AvgIpc) is 2.38. The highest BCUT2D eigenvalue weighted by Gasteiger charge is 2.07. The molecule has 0 aliphatic rings. The van der Waals surface area contributed by atoms with Gasteiger partial charge in [0.25, 0.3) is 0 Å². The molecule has 0 saturated heterocycles. The lowest BCUT2D eigenvalue weighted by Crippen LogP contribution is -2.30. The number of carbonyl (C=O) groups excluding carboxylic acids is 1. The molecule has 112 valence electrons. The summed E-state index contributed by atoms with van der Waals surface area (Å²) in [6.07, 6.45) is 2.09. The summed E-state index contributed by atoms with van der Waals surface area (Å²) in [5.74, 6) is 0.243. The number of amides is 1. The molecule has 5 nitrogen and oxygen atoms in total. The van der Waals surface area contributed by atoms with Gasteiger partial charge in [-0.05, 0) is 17.9 Å². The highest BCUT2D eigenvalue weighted by molar-refractivity contribution is 7.88. The molecule has 2 N–H and O–H groups in total. The van der Waals surface area contributed by atoms with E-state index >= 15 is 0 Å². The number of nitrogens with one attached hydrogen (secondary N) is 2. The molecular weight excluding hydrogens is 276 g/mol. The van der Waals surface area contributed by atoms with Gasteiger partial charge in [0.05, 0.1) is 6.26 Å². The van der Waals surface area contributed by atoms with E-state index in [0.717, 1.165) is 12.7 Å². The molecule has 1 amide bonds. The van der Waals surface area contributed by atoms with Gasteiger partial charge in [-0.2, -0.15) is 0 Å². The number of rotatable bonds is 8. The maximum absolute atomic E-state index is 11.5. The van der Waals surface area contributed by atoms with Crippen LogP contribution in [0.25, 0.3) is 0 Å². The van der Waals surface area contributed by atoms with Crippen molar-refractivity contribution < 1.29 is 13.2 Å². The Morgan fingerprint density at radius 1 is 1.20 bits per heavy atom. The lowest BCUT2D eigenvalue weighted by Gasteiger charge is -2.12. The highest BCUT2D eigenvalue weighted by Crippen LogP contribution is 2.17. The van der Waals surface area contributed by atoms with E-state index in [0.29, 0.717) is 12.5 Å². The van der Waals surface area contributed by atoms with E-state index in [-0.39, 0.29) is 18.9 Å². The van der Waals surface area contributed by atoms with Crippen molar-refractivity contribution in [1.29, 1.82) is 0 Å². The third kappa shape index (κ3) is 7.25. The van der Waals surface area contributed by atoms with E-state index in [1.807, 2.05) is 18.2 Å². The monoisotopic (exact) mass is 298 g/mol. The molecule has 0 aliphatic heterocycles. The van der Waals surface area contributed by atoms with Gasteiger partial charge in [0, 0.05) is 19.5 Å². The molecule has 0 bridgehead atoms. The Labute approximate surface area is 120 Å². The molecule has 1 aromatic rings. The third-order valence-corrected chi connectivity index (χ3v) is 3.71. The van der Waals surface area contributed by atoms with Crippen molar-refractivity contribution in [2.75, 3.05) is 19.3 Å². The van der Waals surface area contributed by atoms with Crippen LogP contribution in [0.2, 0.25) is 0 Å².